The van der Waals surface area contributed by atoms with Crippen LogP contribution < -0.4 is 5.32 Å². The zero-order valence-electron chi connectivity index (χ0n) is 13.3. The van der Waals surface area contributed by atoms with Crippen molar-refractivity contribution in [3.8, 4) is 10.6 Å². The number of nitrogens with zero attached hydrogens (tertiary/aromatic N) is 1. The van der Waals surface area contributed by atoms with Gasteiger partial charge in [0, 0.05) is 12.7 Å². The van der Waals surface area contributed by atoms with Gasteiger partial charge in [0.1, 0.15) is 11.6 Å². The van der Waals surface area contributed by atoms with Gasteiger partial charge < -0.3 is 14.8 Å². The number of methoxy groups -OCH3 is 1. The second-order valence-electron chi connectivity index (χ2n) is 5.13. The summed E-state index contributed by atoms with van der Waals surface area (Å²) in [5.41, 5.74) is 2.60. The van der Waals surface area contributed by atoms with Crippen molar-refractivity contribution in [2.75, 3.05) is 32.2 Å². The third-order valence-corrected chi connectivity index (χ3v) is 4.46. The topological polar surface area (TPSA) is 60.5 Å². The summed E-state index contributed by atoms with van der Waals surface area (Å²) >= 11 is 1.61. The van der Waals surface area contributed by atoms with Gasteiger partial charge >= 0.3 is 0 Å². The van der Waals surface area contributed by atoms with Gasteiger partial charge in [0.25, 0.3) is 0 Å². The van der Waals surface area contributed by atoms with Crippen LogP contribution in [0, 0.1) is 0 Å². The number of hydrogen-bond acceptors (Lipinski definition) is 5. The Kier molecular flexibility index (Phi) is 5.53. The molecule has 0 aliphatic rings. The van der Waals surface area contributed by atoms with Crippen molar-refractivity contribution in [2.45, 2.75) is 0 Å². The summed E-state index contributed by atoms with van der Waals surface area (Å²) in [5, 5.41) is 3.77. The molecule has 2 aromatic carbocycles. The van der Waals surface area contributed by atoms with Gasteiger partial charge in [-0.1, -0.05) is 24.3 Å². The average Bonchev–Trinajstić information content (AvgIpc) is 3.03. The van der Waals surface area contributed by atoms with Crippen molar-refractivity contribution >= 4 is 33.1 Å². The number of aromatic nitrogens is 1. The van der Waals surface area contributed by atoms with Crippen LogP contribution in [-0.2, 0) is 14.3 Å². The molecule has 0 aliphatic heterocycles. The number of rotatable bonds is 7. The Morgan fingerprint density at radius 2 is 1.92 bits per heavy atom. The first-order valence-electron chi connectivity index (χ1n) is 7.59. The number of carbonyl (C=O) groups is 1. The third kappa shape index (κ3) is 3.97. The summed E-state index contributed by atoms with van der Waals surface area (Å²) in [6.07, 6.45) is 0. The molecule has 0 atom stereocenters. The Labute approximate surface area is 144 Å². The Balaban J connectivity index is 1.76. The fourth-order valence-electron chi connectivity index (χ4n) is 2.26. The van der Waals surface area contributed by atoms with Gasteiger partial charge in [-0.3, -0.25) is 4.79 Å². The smallest absolute Gasteiger partial charge is 0.250 e. The minimum atomic E-state index is -0.195. The predicted molar refractivity (Wildman–Crippen MR) is 96.4 cm³/mol. The van der Waals surface area contributed by atoms with Crippen LogP contribution in [0.2, 0.25) is 0 Å². The molecular weight excluding hydrogens is 324 g/mol. The highest BCUT2D eigenvalue weighted by atomic mass is 32.1. The lowest BCUT2D eigenvalue weighted by Crippen LogP contribution is -2.20. The Bertz CT molecular complexity index is 799. The normalized spacial score (nSPS) is 10.9. The number of para-hydroxylation sites is 2. The molecule has 0 radical (unpaired) electrons. The second-order valence-corrected chi connectivity index (χ2v) is 6.16. The Morgan fingerprint density at radius 3 is 2.75 bits per heavy atom. The molecule has 0 fully saturated rings. The van der Waals surface area contributed by atoms with E-state index in [0.717, 1.165) is 26.5 Å². The Morgan fingerprint density at radius 1 is 1.12 bits per heavy atom. The van der Waals surface area contributed by atoms with Gasteiger partial charge in [0.05, 0.1) is 29.1 Å². The maximum atomic E-state index is 12.0. The lowest BCUT2D eigenvalue weighted by molar-refractivity contribution is -0.121. The highest BCUT2D eigenvalue weighted by Crippen LogP contribution is 2.34. The maximum absolute atomic E-state index is 12.0. The monoisotopic (exact) mass is 342 g/mol. The van der Waals surface area contributed by atoms with Crippen molar-refractivity contribution in [3.05, 3.63) is 48.5 Å². The average molecular weight is 342 g/mol. The Hall–Kier alpha value is -2.28. The quantitative estimate of drug-likeness (QED) is 0.667. The number of nitrogens with one attached hydrogen (secondary N) is 1. The molecule has 0 saturated carbocycles. The predicted octanol–water partition coefficient (Wildman–Crippen LogP) is 3.56. The fourth-order valence-corrected chi connectivity index (χ4v) is 3.26. The SMILES string of the molecule is COCCOCC(=O)Nc1ccccc1-c1nc2ccccc2s1. The first kappa shape index (κ1) is 16.6. The first-order chi connectivity index (χ1) is 11.8. The van der Waals surface area contributed by atoms with Crippen LogP contribution in [-0.4, -0.2) is 37.8 Å². The molecule has 1 amide bonds. The summed E-state index contributed by atoms with van der Waals surface area (Å²) in [5.74, 6) is -0.195. The molecule has 3 rings (SSSR count). The molecule has 124 valence electrons. The van der Waals surface area contributed by atoms with E-state index in [-0.39, 0.29) is 12.5 Å². The minimum absolute atomic E-state index is 0.00244. The van der Waals surface area contributed by atoms with E-state index in [1.54, 1.807) is 18.4 Å². The summed E-state index contributed by atoms with van der Waals surface area (Å²) in [6.45, 7) is 0.858. The minimum Gasteiger partial charge on any atom is -0.382 e. The molecule has 1 aromatic heterocycles. The molecule has 0 unspecified atom stereocenters. The molecule has 0 bridgehead atoms. The number of fused-ring (bicyclic) bond motifs is 1. The summed E-state index contributed by atoms with van der Waals surface area (Å²) in [4.78, 5) is 16.7. The van der Waals surface area contributed by atoms with Gasteiger partial charge in [0.15, 0.2) is 0 Å². The molecule has 0 spiro atoms. The van der Waals surface area contributed by atoms with Crippen LogP contribution in [0.4, 0.5) is 5.69 Å². The molecule has 5 nitrogen and oxygen atoms in total. The largest absolute Gasteiger partial charge is 0.382 e. The van der Waals surface area contributed by atoms with Gasteiger partial charge in [-0.25, -0.2) is 4.98 Å². The number of thiazole rings is 1. The van der Waals surface area contributed by atoms with E-state index in [4.69, 9.17) is 9.47 Å². The zero-order chi connectivity index (χ0) is 16.8. The molecule has 6 heteroatoms. The van der Waals surface area contributed by atoms with Crippen molar-refractivity contribution in [1.82, 2.24) is 4.98 Å². The number of benzene rings is 2. The number of ether oxygens (including phenoxy) is 2. The van der Waals surface area contributed by atoms with Crippen LogP contribution in [0.5, 0.6) is 0 Å². The number of hydrogen-bond donors (Lipinski definition) is 1. The van der Waals surface area contributed by atoms with E-state index in [2.05, 4.69) is 10.3 Å². The maximum Gasteiger partial charge on any atom is 0.250 e. The van der Waals surface area contributed by atoms with Crippen LogP contribution in [0.15, 0.2) is 48.5 Å². The van der Waals surface area contributed by atoms with Gasteiger partial charge in [0.2, 0.25) is 5.91 Å². The summed E-state index contributed by atoms with van der Waals surface area (Å²) < 4.78 is 11.3. The van der Waals surface area contributed by atoms with E-state index >= 15 is 0 Å². The molecule has 0 aliphatic carbocycles. The van der Waals surface area contributed by atoms with Gasteiger partial charge in [-0.2, -0.15) is 0 Å². The van der Waals surface area contributed by atoms with Crippen molar-refractivity contribution in [3.63, 3.8) is 0 Å². The molecule has 24 heavy (non-hydrogen) atoms. The van der Waals surface area contributed by atoms with Crippen molar-refractivity contribution < 1.29 is 14.3 Å². The van der Waals surface area contributed by atoms with Gasteiger partial charge in [-0.05, 0) is 24.3 Å². The molecular formula is C18H18N2O3S. The van der Waals surface area contributed by atoms with Crippen LogP contribution in [0.25, 0.3) is 20.8 Å². The second kappa shape index (κ2) is 8.01. The molecule has 1 N–H and O–H groups in total. The number of carbonyl (C=O) groups excluding carboxylic acids is 1. The van der Waals surface area contributed by atoms with Crippen molar-refractivity contribution in [2.24, 2.45) is 0 Å². The van der Waals surface area contributed by atoms with E-state index < -0.39 is 0 Å². The van der Waals surface area contributed by atoms with Crippen LogP contribution in [0.3, 0.4) is 0 Å². The van der Waals surface area contributed by atoms with E-state index in [1.807, 2.05) is 48.5 Å². The van der Waals surface area contributed by atoms with E-state index in [9.17, 15) is 4.79 Å². The molecule has 0 saturated heterocycles. The van der Waals surface area contributed by atoms with E-state index in [1.165, 1.54) is 0 Å². The molecule has 1 heterocycles. The lowest BCUT2D eigenvalue weighted by atomic mass is 10.2. The summed E-state index contributed by atoms with van der Waals surface area (Å²) in [6, 6.07) is 15.6. The number of anilines is 1. The molecule has 3 aromatic rings. The lowest BCUT2D eigenvalue weighted by Gasteiger charge is -2.09. The first-order valence-corrected chi connectivity index (χ1v) is 8.41. The number of amides is 1. The van der Waals surface area contributed by atoms with Crippen molar-refractivity contribution in [1.29, 1.82) is 0 Å². The fraction of sp³-hybridized carbons (Fsp3) is 0.222. The third-order valence-electron chi connectivity index (χ3n) is 3.39. The van der Waals surface area contributed by atoms with Crippen LogP contribution >= 0.6 is 11.3 Å². The standard InChI is InChI=1S/C18H18N2O3S/c1-22-10-11-23-12-17(21)19-14-7-3-2-6-13(14)18-20-15-8-4-5-9-16(15)24-18/h2-9H,10-12H2,1H3,(H,19,21). The highest BCUT2D eigenvalue weighted by molar-refractivity contribution is 7.21. The van der Waals surface area contributed by atoms with Crippen LogP contribution in [0.1, 0.15) is 0 Å². The van der Waals surface area contributed by atoms with E-state index in [0.29, 0.717) is 13.2 Å². The summed E-state index contributed by atoms with van der Waals surface area (Å²) in [7, 11) is 1.59. The highest BCUT2D eigenvalue weighted by Gasteiger charge is 2.12. The van der Waals surface area contributed by atoms with Gasteiger partial charge in [-0.15, -0.1) is 11.3 Å². The zero-order valence-corrected chi connectivity index (χ0v) is 14.1.